The van der Waals surface area contributed by atoms with Crippen molar-refractivity contribution in [3.63, 3.8) is 0 Å². The molecule has 0 aliphatic carbocycles. The number of benzene rings is 1. The molecule has 0 spiro atoms. The van der Waals surface area contributed by atoms with Crippen molar-refractivity contribution in [3.8, 4) is 0 Å². The van der Waals surface area contributed by atoms with Gasteiger partial charge in [-0.2, -0.15) is 0 Å². The topological polar surface area (TPSA) is 87.7 Å². The number of hydrogen-bond donors (Lipinski definition) is 3. The predicted octanol–water partition coefficient (Wildman–Crippen LogP) is 1.00. The molecule has 1 amide bonds. The van der Waals surface area contributed by atoms with E-state index in [1.807, 2.05) is 18.2 Å². The van der Waals surface area contributed by atoms with Gasteiger partial charge >= 0.3 is 0 Å². The summed E-state index contributed by atoms with van der Waals surface area (Å²) in [6.45, 7) is 1.74. The maximum absolute atomic E-state index is 11.3. The molecule has 1 aromatic rings. The third kappa shape index (κ3) is 2.98. The highest BCUT2D eigenvalue weighted by Crippen LogP contribution is 2.12. The number of amides is 1. The van der Waals surface area contributed by atoms with Crippen molar-refractivity contribution >= 4 is 11.7 Å². The van der Waals surface area contributed by atoms with E-state index in [1.54, 1.807) is 19.1 Å². The third-order valence-corrected chi connectivity index (χ3v) is 2.17. The highest BCUT2D eigenvalue weighted by Gasteiger charge is 2.17. The number of hydrogen-bond acceptors (Lipinski definition) is 3. The number of nitrogens with zero attached hydrogens (tertiary/aromatic N) is 1. The summed E-state index contributed by atoms with van der Waals surface area (Å²) in [4.78, 5) is 11.3. The lowest BCUT2D eigenvalue weighted by atomic mass is 10.1. The number of nitrogens with one attached hydrogen (secondary N) is 1. The average Bonchev–Trinajstić information content (AvgIpc) is 2.35. The molecule has 0 saturated heterocycles. The minimum absolute atomic E-state index is 0.0343. The Bertz CT molecular complexity index is 376. The maximum Gasteiger partial charge on any atom is 0.220 e. The molecule has 0 bridgehead atoms. The number of carbonyl (C=O) groups excluding carboxylic acids is 1. The van der Waals surface area contributed by atoms with E-state index in [1.165, 1.54) is 0 Å². The summed E-state index contributed by atoms with van der Waals surface area (Å²) < 4.78 is 0. The lowest BCUT2D eigenvalue weighted by Gasteiger charge is -2.17. The molecule has 0 radical (unpaired) electrons. The Morgan fingerprint density at radius 1 is 1.50 bits per heavy atom. The molecule has 1 atom stereocenters. The second-order valence-electron chi connectivity index (χ2n) is 3.29. The first kappa shape index (κ1) is 12.0. The van der Waals surface area contributed by atoms with E-state index in [9.17, 15) is 4.79 Å². The zero-order valence-corrected chi connectivity index (χ0v) is 9.05. The van der Waals surface area contributed by atoms with Crippen molar-refractivity contribution in [1.82, 2.24) is 5.32 Å². The molecule has 5 heteroatoms. The van der Waals surface area contributed by atoms with Crippen LogP contribution in [0.5, 0.6) is 0 Å². The summed E-state index contributed by atoms with van der Waals surface area (Å²) in [5.74, 6) is -0.187. The summed E-state index contributed by atoms with van der Waals surface area (Å²) >= 11 is 0. The zero-order chi connectivity index (χ0) is 12.0. The van der Waals surface area contributed by atoms with E-state index in [0.29, 0.717) is 6.42 Å². The molecule has 4 N–H and O–H groups in total. The third-order valence-electron chi connectivity index (χ3n) is 2.17. The molecule has 86 valence electrons. The van der Waals surface area contributed by atoms with Crippen LogP contribution in [0.2, 0.25) is 0 Å². The molecular weight excluding hydrogens is 206 g/mol. The van der Waals surface area contributed by atoms with Gasteiger partial charge < -0.3 is 16.3 Å². The van der Waals surface area contributed by atoms with Gasteiger partial charge in [-0.3, -0.25) is 4.79 Å². The Morgan fingerprint density at radius 2 is 2.12 bits per heavy atom. The molecule has 1 rings (SSSR count). The minimum atomic E-state index is -0.585. The second-order valence-corrected chi connectivity index (χ2v) is 3.29. The molecule has 0 aliphatic rings. The van der Waals surface area contributed by atoms with Gasteiger partial charge in [0.15, 0.2) is 5.84 Å². The highest BCUT2D eigenvalue weighted by molar-refractivity contribution is 5.90. The SMILES string of the molecule is CCC(=O)NC(/C(N)=N/O)c1ccccc1. The van der Waals surface area contributed by atoms with E-state index in [-0.39, 0.29) is 11.7 Å². The van der Waals surface area contributed by atoms with Crippen LogP contribution in [-0.4, -0.2) is 17.0 Å². The fraction of sp³-hybridized carbons (Fsp3) is 0.273. The first-order valence-corrected chi connectivity index (χ1v) is 5.00. The van der Waals surface area contributed by atoms with E-state index in [0.717, 1.165) is 5.56 Å². The molecule has 0 fully saturated rings. The number of amidine groups is 1. The van der Waals surface area contributed by atoms with Crippen LogP contribution in [0.15, 0.2) is 35.5 Å². The molecule has 0 saturated carbocycles. The molecule has 1 aromatic carbocycles. The van der Waals surface area contributed by atoms with Crippen LogP contribution >= 0.6 is 0 Å². The van der Waals surface area contributed by atoms with Crippen molar-refractivity contribution < 1.29 is 10.0 Å². The molecular formula is C11H15N3O2. The van der Waals surface area contributed by atoms with Crippen molar-refractivity contribution in [1.29, 1.82) is 0 Å². The van der Waals surface area contributed by atoms with Gasteiger partial charge in [-0.25, -0.2) is 0 Å². The monoisotopic (exact) mass is 221 g/mol. The van der Waals surface area contributed by atoms with Gasteiger partial charge in [0, 0.05) is 6.42 Å². The number of carbonyl (C=O) groups is 1. The summed E-state index contributed by atoms with van der Waals surface area (Å²) in [5.41, 5.74) is 6.31. The average molecular weight is 221 g/mol. The van der Waals surface area contributed by atoms with Crippen LogP contribution in [0, 0.1) is 0 Å². The van der Waals surface area contributed by atoms with Crippen LogP contribution < -0.4 is 11.1 Å². The standard InChI is InChI=1S/C11H15N3O2/c1-2-9(15)13-10(11(12)14-16)8-6-4-3-5-7-8/h3-7,10,16H,2H2,1H3,(H2,12,14)(H,13,15). The summed E-state index contributed by atoms with van der Waals surface area (Å²) in [5, 5.41) is 14.3. The van der Waals surface area contributed by atoms with Crippen molar-refractivity contribution in [2.75, 3.05) is 0 Å². The van der Waals surface area contributed by atoms with Gasteiger partial charge in [-0.1, -0.05) is 42.4 Å². The van der Waals surface area contributed by atoms with Gasteiger partial charge in [0.05, 0.1) is 0 Å². The zero-order valence-electron chi connectivity index (χ0n) is 9.05. The highest BCUT2D eigenvalue weighted by atomic mass is 16.4. The predicted molar refractivity (Wildman–Crippen MR) is 61.0 cm³/mol. The van der Waals surface area contributed by atoms with Crippen LogP contribution in [-0.2, 0) is 4.79 Å². The molecule has 5 nitrogen and oxygen atoms in total. The first-order valence-electron chi connectivity index (χ1n) is 5.00. The Labute approximate surface area is 94.0 Å². The number of nitrogens with two attached hydrogens (primary N) is 1. The summed E-state index contributed by atoms with van der Waals surface area (Å²) in [6, 6.07) is 8.53. The van der Waals surface area contributed by atoms with Crippen LogP contribution in [0.1, 0.15) is 24.9 Å². The number of rotatable bonds is 4. The van der Waals surface area contributed by atoms with E-state index < -0.39 is 6.04 Å². The Balaban J connectivity index is 2.93. The molecule has 0 heterocycles. The van der Waals surface area contributed by atoms with Crippen molar-refractivity contribution in [2.45, 2.75) is 19.4 Å². The normalized spacial score (nSPS) is 13.2. The number of oxime groups is 1. The molecule has 0 aromatic heterocycles. The van der Waals surface area contributed by atoms with E-state index >= 15 is 0 Å². The Morgan fingerprint density at radius 3 is 2.62 bits per heavy atom. The van der Waals surface area contributed by atoms with Crippen molar-refractivity contribution in [3.05, 3.63) is 35.9 Å². The smallest absolute Gasteiger partial charge is 0.220 e. The van der Waals surface area contributed by atoms with E-state index in [4.69, 9.17) is 10.9 Å². The van der Waals surface area contributed by atoms with Crippen molar-refractivity contribution in [2.24, 2.45) is 10.9 Å². The fourth-order valence-electron chi connectivity index (χ4n) is 1.29. The molecule has 0 aliphatic heterocycles. The maximum atomic E-state index is 11.3. The first-order chi connectivity index (χ1) is 7.69. The van der Waals surface area contributed by atoms with Gasteiger partial charge in [0.1, 0.15) is 6.04 Å². The largest absolute Gasteiger partial charge is 0.409 e. The van der Waals surface area contributed by atoms with Crippen LogP contribution in [0.25, 0.3) is 0 Å². The molecule has 1 unspecified atom stereocenters. The van der Waals surface area contributed by atoms with Gasteiger partial charge in [0.2, 0.25) is 5.91 Å². The van der Waals surface area contributed by atoms with Gasteiger partial charge in [0.25, 0.3) is 0 Å². The lowest BCUT2D eigenvalue weighted by Crippen LogP contribution is -2.37. The minimum Gasteiger partial charge on any atom is -0.409 e. The summed E-state index contributed by atoms with van der Waals surface area (Å²) in [7, 11) is 0. The Hall–Kier alpha value is -2.04. The molecule has 16 heavy (non-hydrogen) atoms. The van der Waals surface area contributed by atoms with Crippen LogP contribution in [0.3, 0.4) is 0 Å². The van der Waals surface area contributed by atoms with Gasteiger partial charge in [-0.05, 0) is 5.56 Å². The van der Waals surface area contributed by atoms with Gasteiger partial charge in [-0.15, -0.1) is 0 Å². The quantitative estimate of drug-likeness (QED) is 0.307. The summed E-state index contributed by atoms with van der Waals surface area (Å²) in [6.07, 6.45) is 0.349. The van der Waals surface area contributed by atoms with E-state index in [2.05, 4.69) is 10.5 Å². The Kier molecular flexibility index (Phi) is 4.32. The van der Waals surface area contributed by atoms with Crippen LogP contribution in [0.4, 0.5) is 0 Å². The fourth-order valence-corrected chi connectivity index (χ4v) is 1.29. The second kappa shape index (κ2) is 5.75. The lowest BCUT2D eigenvalue weighted by molar-refractivity contribution is -0.121.